The van der Waals surface area contributed by atoms with Crippen LogP contribution < -0.4 is 0 Å². The Balaban J connectivity index is 3.27. The Bertz CT molecular complexity index is 178. The summed E-state index contributed by atoms with van der Waals surface area (Å²) >= 11 is 0. The van der Waals surface area contributed by atoms with Gasteiger partial charge in [0.1, 0.15) is 0 Å². The van der Waals surface area contributed by atoms with Crippen LogP contribution in [0.2, 0.25) is 0 Å². The highest BCUT2D eigenvalue weighted by atomic mass is 16.5. The molecule has 0 amide bonds. The van der Waals surface area contributed by atoms with Crippen LogP contribution in [0.25, 0.3) is 0 Å². The zero-order valence-corrected chi connectivity index (χ0v) is 14.9. The van der Waals surface area contributed by atoms with Gasteiger partial charge in [0, 0.05) is 6.61 Å². The van der Waals surface area contributed by atoms with Gasteiger partial charge in [-0.05, 0) is 18.3 Å². The van der Waals surface area contributed by atoms with E-state index in [-0.39, 0.29) is 0 Å². The van der Waals surface area contributed by atoms with Crippen molar-refractivity contribution in [3.05, 3.63) is 0 Å². The minimum Gasteiger partial charge on any atom is -0.378 e. The molecule has 0 atom stereocenters. The first-order chi connectivity index (χ1) is 9.59. The Hall–Kier alpha value is -0.0400. The van der Waals surface area contributed by atoms with Gasteiger partial charge in [-0.1, -0.05) is 92.4 Å². The van der Waals surface area contributed by atoms with E-state index in [1.165, 1.54) is 64.2 Å². The third kappa shape index (κ3) is 11.8. The molecule has 0 bridgehead atoms. The van der Waals surface area contributed by atoms with Gasteiger partial charge in [-0.3, -0.25) is 0 Å². The number of hydrogen-bond donors (Lipinski definition) is 0. The third-order valence-corrected chi connectivity index (χ3v) is 4.12. The molecular formula is C19H40O. The van der Waals surface area contributed by atoms with Gasteiger partial charge in [-0.15, -0.1) is 0 Å². The molecule has 122 valence electrons. The summed E-state index contributed by atoms with van der Waals surface area (Å²) in [7, 11) is 0. The fourth-order valence-electron chi connectivity index (χ4n) is 2.96. The molecule has 0 aromatic rings. The lowest BCUT2D eigenvalue weighted by molar-refractivity contribution is -0.00957. The van der Waals surface area contributed by atoms with E-state index in [1.54, 1.807) is 0 Å². The van der Waals surface area contributed by atoms with Crippen molar-refractivity contribution < 1.29 is 4.74 Å². The predicted octanol–water partition coefficient (Wildman–Crippen LogP) is 6.60. The molecule has 0 unspecified atom stereocenters. The number of unbranched alkanes of at least 4 members (excludes halogenated alkanes) is 9. The maximum atomic E-state index is 6.04. The van der Waals surface area contributed by atoms with Crippen molar-refractivity contribution in [2.45, 2.75) is 105 Å². The molecular weight excluding hydrogens is 244 g/mol. The van der Waals surface area contributed by atoms with Gasteiger partial charge in [0.25, 0.3) is 0 Å². The summed E-state index contributed by atoms with van der Waals surface area (Å²) in [5.41, 5.74) is 0. The van der Waals surface area contributed by atoms with Crippen molar-refractivity contribution in [1.29, 1.82) is 0 Å². The first kappa shape index (κ1) is 20.0. The van der Waals surface area contributed by atoms with Gasteiger partial charge >= 0.3 is 0 Å². The molecule has 20 heavy (non-hydrogen) atoms. The highest BCUT2D eigenvalue weighted by Crippen LogP contribution is 2.17. The maximum Gasteiger partial charge on any atom is 0.0620 e. The van der Waals surface area contributed by atoms with E-state index in [0.717, 1.165) is 6.61 Å². The van der Waals surface area contributed by atoms with Gasteiger partial charge in [0.2, 0.25) is 0 Å². The Morgan fingerprint density at radius 2 is 1.00 bits per heavy atom. The Morgan fingerprint density at radius 3 is 1.40 bits per heavy atom. The lowest BCUT2D eigenvalue weighted by atomic mass is 9.96. The van der Waals surface area contributed by atoms with E-state index in [9.17, 15) is 0 Å². The molecule has 1 heteroatoms. The highest BCUT2D eigenvalue weighted by Gasteiger charge is 2.17. The minimum absolute atomic E-state index is 0.438. The topological polar surface area (TPSA) is 9.23 Å². The lowest BCUT2D eigenvalue weighted by Crippen LogP contribution is -2.26. The maximum absolute atomic E-state index is 6.04. The summed E-state index contributed by atoms with van der Waals surface area (Å²) in [5.74, 6) is 1.27. The van der Waals surface area contributed by atoms with Crippen molar-refractivity contribution in [1.82, 2.24) is 0 Å². The van der Waals surface area contributed by atoms with E-state index >= 15 is 0 Å². The third-order valence-electron chi connectivity index (χ3n) is 4.12. The first-order valence-electron chi connectivity index (χ1n) is 9.21. The van der Waals surface area contributed by atoms with Crippen LogP contribution >= 0.6 is 0 Å². The molecule has 0 aromatic heterocycles. The molecule has 0 saturated heterocycles. The summed E-state index contributed by atoms with van der Waals surface area (Å²) < 4.78 is 6.04. The van der Waals surface area contributed by atoms with E-state index in [2.05, 4.69) is 34.6 Å². The van der Waals surface area contributed by atoms with E-state index in [1.807, 2.05) is 0 Å². The van der Waals surface area contributed by atoms with Crippen molar-refractivity contribution in [3.63, 3.8) is 0 Å². The molecule has 0 fully saturated rings. The molecule has 0 aliphatic carbocycles. The summed E-state index contributed by atoms with van der Waals surface area (Å²) in [4.78, 5) is 0. The molecule has 0 saturated carbocycles. The van der Waals surface area contributed by atoms with Gasteiger partial charge in [0.15, 0.2) is 0 Å². The van der Waals surface area contributed by atoms with Crippen molar-refractivity contribution in [2.75, 3.05) is 6.61 Å². The average Bonchev–Trinajstić information content (AvgIpc) is 2.39. The van der Waals surface area contributed by atoms with Crippen LogP contribution in [0.5, 0.6) is 0 Å². The Morgan fingerprint density at radius 1 is 0.600 bits per heavy atom. The van der Waals surface area contributed by atoms with Gasteiger partial charge in [-0.2, -0.15) is 0 Å². The second-order valence-electron chi connectivity index (χ2n) is 7.01. The highest BCUT2D eigenvalue weighted by molar-refractivity contribution is 4.66. The first-order valence-corrected chi connectivity index (χ1v) is 9.21. The summed E-state index contributed by atoms with van der Waals surface area (Å²) in [6.45, 7) is 12.3. The number of rotatable bonds is 14. The normalized spacial score (nSPS) is 12.0. The zero-order valence-electron chi connectivity index (χ0n) is 14.9. The van der Waals surface area contributed by atoms with Crippen LogP contribution in [-0.2, 0) is 4.74 Å². The molecule has 0 aliphatic heterocycles. The molecule has 0 radical (unpaired) electrons. The molecule has 0 aromatic carbocycles. The predicted molar refractivity (Wildman–Crippen MR) is 91.3 cm³/mol. The second kappa shape index (κ2) is 13.9. The number of ether oxygens (including phenoxy) is 1. The van der Waals surface area contributed by atoms with Crippen molar-refractivity contribution in [3.8, 4) is 0 Å². The van der Waals surface area contributed by atoms with Gasteiger partial charge in [-0.25, -0.2) is 0 Å². The van der Waals surface area contributed by atoms with Crippen LogP contribution in [0.4, 0.5) is 0 Å². The van der Waals surface area contributed by atoms with Crippen LogP contribution in [0.3, 0.4) is 0 Å². The SMILES string of the molecule is CCCCCCCCCCCCOC(C(C)C)C(C)C. The molecule has 0 spiro atoms. The summed E-state index contributed by atoms with van der Waals surface area (Å²) in [6, 6.07) is 0. The monoisotopic (exact) mass is 284 g/mol. The van der Waals surface area contributed by atoms with Crippen LogP contribution in [0, 0.1) is 11.8 Å². The molecule has 0 N–H and O–H groups in total. The molecule has 0 heterocycles. The molecule has 0 rings (SSSR count). The summed E-state index contributed by atoms with van der Waals surface area (Å²) in [5, 5.41) is 0. The van der Waals surface area contributed by atoms with E-state index < -0.39 is 0 Å². The van der Waals surface area contributed by atoms with E-state index in [4.69, 9.17) is 4.74 Å². The minimum atomic E-state index is 0.438. The van der Waals surface area contributed by atoms with Crippen molar-refractivity contribution >= 4 is 0 Å². The average molecular weight is 285 g/mol. The number of hydrogen-bond acceptors (Lipinski definition) is 1. The van der Waals surface area contributed by atoms with Gasteiger partial charge < -0.3 is 4.74 Å². The largest absolute Gasteiger partial charge is 0.378 e. The fourth-order valence-corrected chi connectivity index (χ4v) is 2.96. The Labute approximate surface area is 128 Å². The van der Waals surface area contributed by atoms with Crippen LogP contribution in [0.1, 0.15) is 98.8 Å². The van der Waals surface area contributed by atoms with Gasteiger partial charge in [0.05, 0.1) is 6.10 Å². The van der Waals surface area contributed by atoms with Crippen molar-refractivity contribution in [2.24, 2.45) is 11.8 Å². The Kier molecular flexibility index (Phi) is 13.9. The standard InChI is InChI=1S/C19H40O/c1-6-7-8-9-10-11-12-13-14-15-16-20-19(17(2)3)18(4)5/h17-19H,6-16H2,1-5H3. The lowest BCUT2D eigenvalue weighted by Gasteiger charge is -2.25. The quantitative estimate of drug-likeness (QED) is 0.326. The second-order valence-corrected chi connectivity index (χ2v) is 7.01. The molecule has 1 nitrogen and oxygen atoms in total. The van der Waals surface area contributed by atoms with Crippen LogP contribution in [0.15, 0.2) is 0 Å². The van der Waals surface area contributed by atoms with Crippen LogP contribution in [-0.4, -0.2) is 12.7 Å². The summed E-state index contributed by atoms with van der Waals surface area (Å²) in [6.07, 6.45) is 14.4. The van der Waals surface area contributed by atoms with E-state index in [0.29, 0.717) is 17.9 Å². The smallest absolute Gasteiger partial charge is 0.0620 e. The fraction of sp³-hybridized carbons (Fsp3) is 1.00. The molecule has 0 aliphatic rings. The zero-order chi connectivity index (χ0) is 15.2.